The molecule has 0 atom stereocenters. The van der Waals surface area contributed by atoms with Gasteiger partial charge in [0.15, 0.2) is 0 Å². The minimum atomic E-state index is -0.957. The van der Waals surface area contributed by atoms with E-state index in [-0.39, 0.29) is 5.57 Å². The van der Waals surface area contributed by atoms with Crippen LogP contribution in [-0.2, 0) is 4.79 Å². The standard InChI is InChI=1S/C14H9NO2S/c15-9-11-5-3-10(4-6-11)8-12(14(16)17)13-2-1-7-18-13/h1-8H,(H,16,17). The van der Waals surface area contributed by atoms with Crippen LogP contribution in [0.5, 0.6) is 0 Å². The van der Waals surface area contributed by atoms with Crippen molar-refractivity contribution in [2.45, 2.75) is 0 Å². The fourth-order valence-electron chi connectivity index (χ4n) is 1.49. The molecule has 1 aromatic heterocycles. The quantitative estimate of drug-likeness (QED) is 0.856. The summed E-state index contributed by atoms with van der Waals surface area (Å²) < 4.78 is 0. The predicted molar refractivity (Wildman–Crippen MR) is 71.0 cm³/mol. The van der Waals surface area contributed by atoms with Crippen LogP contribution in [0, 0.1) is 11.3 Å². The Bertz CT molecular complexity index is 619. The minimum absolute atomic E-state index is 0.259. The smallest absolute Gasteiger partial charge is 0.337 e. The van der Waals surface area contributed by atoms with Crippen molar-refractivity contribution >= 4 is 29.0 Å². The first-order valence-electron chi connectivity index (χ1n) is 5.20. The van der Waals surface area contributed by atoms with Crippen LogP contribution in [0.2, 0.25) is 0 Å². The molecule has 3 nitrogen and oxygen atoms in total. The van der Waals surface area contributed by atoms with E-state index >= 15 is 0 Å². The van der Waals surface area contributed by atoms with E-state index in [0.29, 0.717) is 10.4 Å². The molecule has 88 valence electrons. The van der Waals surface area contributed by atoms with E-state index in [9.17, 15) is 9.90 Å². The Morgan fingerprint density at radius 1 is 1.28 bits per heavy atom. The molecule has 1 N–H and O–H groups in total. The highest BCUT2D eigenvalue weighted by Gasteiger charge is 2.11. The number of carbonyl (C=O) groups is 1. The number of rotatable bonds is 3. The number of carboxylic acid groups (broad SMARTS) is 1. The third-order valence-electron chi connectivity index (χ3n) is 2.37. The molecule has 2 aromatic rings. The van der Waals surface area contributed by atoms with Crippen LogP contribution in [0.15, 0.2) is 41.8 Å². The lowest BCUT2D eigenvalue weighted by Gasteiger charge is -1.99. The van der Waals surface area contributed by atoms with Crippen LogP contribution >= 0.6 is 11.3 Å². The monoisotopic (exact) mass is 255 g/mol. The van der Waals surface area contributed by atoms with Gasteiger partial charge in [0.05, 0.1) is 17.2 Å². The van der Waals surface area contributed by atoms with Crippen molar-refractivity contribution in [2.75, 3.05) is 0 Å². The van der Waals surface area contributed by atoms with E-state index in [0.717, 1.165) is 5.56 Å². The average Bonchev–Trinajstić information content (AvgIpc) is 2.90. The molecule has 0 aliphatic heterocycles. The van der Waals surface area contributed by atoms with E-state index in [1.165, 1.54) is 11.3 Å². The summed E-state index contributed by atoms with van der Waals surface area (Å²) in [4.78, 5) is 11.9. The summed E-state index contributed by atoms with van der Waals surface area (Å²) in [5.41, 5.74) is 1.58. The summed E-state index contributed by atoms with van der Waals surface area (Å²) in [6.07, 6.45) is 1.61. The number of hydrogen-bond acceptors (Lipinski definition) is 3. The highest BCUT2D eigenvalue weighted by molar-refractivity contribution is 7.11. The van der Waals surface area contributed by atoms with E-state index < -0.39 is 5.97 Å². The van der Waals surface area contributed by atoms with Gasteiger partial charge in [-0.3, -0.25) is 0 Å². The van der Waals surface area contributed by atoms with Gasteiger partial charge < -0.3 is 5.11 Å². The zero-order valence-corrected chi connectivity index (χ0v) is 10.1. The molecule has 0 unspecified atom stereocenters. The number of nitrogens with zero attached hydrogens (tertiary/aromatic N) is 1. The van der Waals surface area contributed by atoms with Crippen molar-refractivity contribution in [3.63, 3.8) is 0 Å². The number of nitriles is 1. The minimum Gasteiger partial charge on any atom is -0.478 e. The van der Waals surface area contributed by atoms with E-state index in [4.69, 9.17) is 5.26 Å². The molecule has 0 bridgehead atoms. The number of thiophene rings is 1. The molecule has 0 fully saturated rings. The molecule has 4 heteroatoms. The largest absolute Gasteiger partial charge is 0.478 e. The lowest BCUT2D eigenvalue weighted by molar-refractivity contribution is -0.130. The van der Waals surface area contributed by atoms with Gasteiger partial charge in [-0.05, 0) is 35.2 Å². The molecule has 0 aliphatic rings. The molecular formula is C14H9NO2S. The third kappa shape index (κ3) is 2.65. The van der Waals surface area contributed by atoms with Crippen molar-refractivity contribution in [3.05, 3.63) is 57.8 Å². The Hall–Kier alpha value is -2.38. The molecule has 0 radical (unpaired) electrons. The Morgan fingerprint density at radius 2 is 2.00 bits per heavy atom. The molecule has 0 saturated heterocycles. The summed E-state index contributed by atoms with van der Waals surface area (Å²) in [5, 5.41) is 19.7. The lowest BCUT2D eigenvalue weighted by Crippen LogP contribution is -1.97. The molecule has 2 rings (SSSR count). The Morgan fingerprint density at radius 3 is 2.50 bits per heavy atom. The fraction of sp³-hybridized carbons (Fsp3) is 0. The first-order chi connectivity index (χ1) is 8.70. The van der Waals surface area contributed by atoms with Gasteiger partial charge in [0.25, 0.3) is 0 Å². The van der Waals surface area contributed by atoms with Crippen LogP contribution < -0.4 is 0 Å². The summed E-state index contributed by atoms with van der Waals surface area (Å²) in [5.74, 6) is -0.957. The molecule has 1 heterocycles. The van der Waals surface area contributed by atoms with Gasteiger partial charge in [0.2, 0.25) is 0 Å². The van der Waals surface area contributed by atoms with E-state index in [2.05, 4.69) is 0 Å². The maximum absolute atomic E-state index is 11.2. The lowest BCUT2D eigenvalue weighted by atomic mass is 10.1. The Labute approximate surface area is 108 Å². The van der Waals surface area contributed by atoms with Crippen LogP contribution in [0.25, 0.3) is 11.6 Å². The van der Waals surface area contributed by atoms with Crippen molar-refractivity contribution in [1.82, 2.24) is 0 Å². The normalized spacial score (nSPS) is 10.9. The van der Waals surface area contributed by atoms with Crippen molar-refractivity contribution in [2.24, 2.45) is 0 Å². The van der Waals surface area contributed by atoms with Gasteiger partial charge in [-0.15, -0.1) is 11.3 Å². The second kappa shape index (κ2) is 5.30. The second-order valence-corrected chi connectivity index (χ2v) is 4.52. The second-order valence-electron chi connectivity index (χ2n) is 3.57. The number of hydrogen-bond donors (Lipinski definition) is 1. The van der Waals surface area contributed by atoms with Crippen LogP contribution in [0.1, 0.15) is 16.0 Å². The summed E-state index contributed by atoms with van der Waals surface area (Å²) in [7, 11) is 0. The molecule has 0 spiro atoms. The maximum Gasteiger partial charge on any atom is 0.337 e. The van der Waals surface area contributed by atoms with E-state index in [1.807, 2.05) is 17.5 Å². The van der Waals surface area contributed by atoms with Crippen LogP contribution in [-0.4, -0.2) is 11.1 Å². The molecule has 1 aromatic carbocycles. The van der Waals surface area contributed by atoms with Crippen LogP contribution in [0.3, 0.4) is 0 Å². The third-order valence-corrected chi connectivity index (χ3v) is 3.27. The number of benzene rings is 1. The van der Waals surface area contributed by atoms with Gasteiger partial charge in [0.1, 0.15) is 0 Å². The predicted octanol–water partition coefficient (Wildman–Crippen LogP) is 3.24. The Kier molecular flexibility index (Phi) is 3.56. The summed E-state index contributed by atoms with van der Waals surface area (Å²) in [6, 6.07) is 12.4. The fourth-order valence-corrected chi connectivity index (χ4v) is 2.22. The summed E-state index contributed by atoms with van der Waals surface area (Å²) in [6.45, 7) is 0. The Balaban J connectivity index is 2.39. The van der Waals surface area contributed by atoms with Crippen molar-refractivity contribution in [3.8, 4) is 6.07 Å². The number of carboxylic acids is 1. The highest BCUT2D eigenvalue weighted by Crippen LogP contribution is 2.23. The topological polar surface area (TPSA) is 61.1 Å². The maximum atomic E-state index is 11.2. The molecule has 0 saturated carbocycles. The molecule has 18 heavy (non-hydrogen) atoms. The van der Waals surface area contributed by atoms with Gasteiger partial charge >= 0.3 is 5.97 Å². The van der Waals surface area contributed by atoms with Gasteiger partial charge in [-0.1, -0.05) is 18.2 Å². The molecular weight excluding hydrogens is 246 g/mol. The zero-order valence-electron chi connectivity index (χ0n) is 9.33. The van der Waals surface area contributed by atoms with E-state index in [1.54, 1.807) is 36.4 Å². The summed E-state index contributed by atoms with van der Waals surface area (Å²) >= 11 is 1.38. The zero-order chi connectivity index (χ0) is 13.0. The molecule has 0 amide bonds. The van der Waals surface area contributed by atoms with Gasteiger partial charge in [-0.25, -0.2) is 4.79 Å². The van der Waals surface area contributed by atoms with Gasteiger partial charge in [0, 0.05) is 4.88 Å². The SMILES string of the molecule is N#Cc1ccc(C=C(C(=O)O)c2cccs2)cc1. The highest BCUT2D eigenvalue weighted by atomic mass is 32.1. The number of aliphatic carboxylic acids is 1. The first kappa shape index (κ1) is 12.1. The molecule has 0 aliphatic carbocycles. The average molecular weight is 255 g/mol. The van der Waals surface area contributed by atoms with Crippen molar-refractivity contribution < 1.29 is 9.90 Å². The van der Waals surface area contributed by atoms with Crippen molar-refractivity contribution in [1.29, 1.82) is 5.26 Å². The van der Waals surface area contributed by atoms with Gasteiger partial charge in [-0.2, -0.15) is 5.26 Å². The first-order valence-corrected chi connectivity index (χ1v) is 6.07. The van der Waals surface area contributed by atoms with Crippen LogP contribution in [0.4, 0.5) is 0 Å².